The van der Waals surface area contributed by atoms with Crippen molar-refractivity contribution in [3.63, 3.8) is 0 Å². The van der Waals surface area contributed by atoms with Crippen LogP contribution in [0.4, 0.5) is 5.95 Å². The van der Waals surface area contributed by atoms with Crippen molar-refractivity contribution in [2.75, 3.05) is 5.32 Å². The first kappa shape index (κ1) is 11.8. The number of fused-ring (bicyclic) bond motifs is 3. The molecular formula is C15H15N5O+2. The molecule has 2 aromatic carbocycles. The average Bonchev–Trinajstić information content (AvgIpc) is 2.85. The van der Waals surface area contributed by atoms with Crippen molar-refractivity contribution in [3.05, 3.63) is 54.1 Å². The Morgan fingerprint density at radius 1 is 1.10 bits per heavy atom. The van der Waals surface area contributed by atoms with Crippen LogP contribution in [0.2, 0.25) is 0 Å². The fourth-order valence-electron chi connectivity index (χ4n) is 2.72. The second kappa shape index (κ2) is 4.24. The van der Waals surface area contributed by atoms with Gasteiger partial charge in [-0.25, -0.2) is 9.98 Å². The van der Waals surface area contributed by atoms with Crippen molar-refractivity contribution in [3.8, 4) is 5.75 Å². The molecule has 0 aliphatic carbocycles. The monoisotopic (exact) mass is 281 g/mol. The lowest BCUT2D eigenvalue weighted by Gasteiger charge is -2.16. The lowest BCUT2D eigenvalue weighted by atomic mass is 10.1. The van der Waals surface area contributed by atoms with Gasteiger partial charge in [-0.3, -0.25) is 5.73 Å². The third kappa shape index (κ3) is 1.80. The molecule has 0 spiro atoms. The number of hydrogen-bond acceptors (Lipinski definition) is 3. The van der Waals surface area contributed by atoms with E-state index in [2.05, 4.69) is 19.9 Å². The maximum Gasteiger partial charge on any atom is 0.368 e. The number of nitrogens with two attached hydrogens (primary N) is 1. The number of H-pyrrole nitrogens is 1. The van der Waals surface area contributed by atoms with Crippen LogP contribution in [-0.2, 0) is 0 Å². The molecule has 1 aliphatic heterocycles. The molecule has 1 aromatic heterocycles. The Balaban J connectivity index is 1.95. The summed E-state index contributed by atoms with van der Waals surface area (Å²) in [4.78, 5) is 6.55. The van der Waals surface area contributed by atoms with E-state index in [0.29, 0.717) is 5.96 Å². The molecule has 3 aromatic rings. The van der Waals surface area contributed by atoms with Gasteiger partial charge in [0, 0.05) is 5.56 Å². The van der Waals surface area contributed by atoms with E-state index in [1.54, 1.807) is 12.1 Å². The fourth-order valence-corrected chi connectivity index (χ4v) is 2.72. The van der Waals surface area contributed by atoms with Crippen LogP contribution in [0.5, 0.6) is 5.75 Å². The van der Waals surface area contributed by atoms with E-state index in [9.17, 15) is 5.11 Å². The highest BCUT2D eigenvalue weighted by Gasteiger charge is 2.32. The Bertz CT molecular complexity index is 850. The first-order valence-electron chi connectivity index (χ1n) is 6.69. The van der Waals surface area contributed by atoms with Gasteiger partial charge >= 0.3 is 11.9 Å². The number of nitrogens with one attached hydrogen (secondary N) is 3. The molecule has 2 heterocycles. The molecule has 6 nitrogen and oxygen atoms in total. The first-order valence-corrected chi connectivity index (χ1v) is 6.69. The van der Waals surface area contributed by atoms with Gasteiger partial charge in [0.1, 0.15) is 16.8 Å². The number of guanidine groups is 1. The minimum Gasteiger partial charge on any atom is -0.508 e. The highest BCUT2D eigenvalue weighted by atomic mass is 16.3. The maximum atomic E-state index is 9.46. The predicted octanol–water partition coefficient (Wildman–Crippen LogP) is -0.471. The lowest BCUT2D eigenvalue weighted by Crippen LogP contribution is -2.88. The molecule has 0 fully saturated rings. The molecule has 0 saturated heterocycles. The van der Waals surface area contributed by atoms with Crippen LogP contribution in [0.3, 0.4) is 0 Å². The molecule has 6 heteroatoms. The number of benzene rings is 2. The molecule has 0 unspecified atom stereocenters. The minimum atomic E-state index is -0.141. The zero-order chi connectivity index (χ0) is 14.4. The van der Waals surface area contributed by atoms with Crippen LogP contribution in [-0.4, -0.2) is 16.1 Å². The van der Waals surface area contributed by atoms with Crippen LogP contribution in [0.1, 0.15) is 11.7 Å². The first-order chi connectivity index (χ1) is 10.2. The van der Waals surface area contributed by atoms with Gasteiger partial charge < -0.3 is 5.11 Å². The second-order valence-corrected chi connectivity index (χ2v) is 5.04. The average molecular weight is 281 g/mol. The van der Waals surface area contributed by atoms with E-state index in [1.165, 1.54) is 0 Å². The van der Waals surface area contributed by atoms with Gasteiger partial charge in [-0.2, -0.15) is 9.88 Å². The largest absolute Gasteiger partial charge is 0.508 e. The van der Waals surface area contributed by atoms with Gasteiger partial charge in [0.05, 0.1) is 0 Å². The molecule has 4 rings (SSSR count). The topological polar surface area (TPSA) is 91.9 Å². The summed E-state index contributed by atoms with van der Waals surface area (Å²) in [6.07, 6.45) is -0.141. The van der Waals surface area contributed by atoms with Crippen LogP contribution in [0.15, 0.2) is 48.5 Å². The summed E-state index contributed by atoms with van der Waals surface area (Å²) in [5.41, 5.74) is 9.04. The molecule has 104 valence electrons. The molecule has 1 aliphatic rings. The summed E-state index contributed by atoms with van der Waals surface area (Å²) in [6, 6.07) is 15.2. The summed E-state index contributed by atoms with van der Waals surface area (Å²) in [5.74, 6) is 1.55. The van der Waals surface area contributed by atoms with Crippen LogP contribution in [0.25, 0.3) is 11.0 Å². The quantitative estimate of drug-likeness (QED) is 0.390. The van der Waals surface area contributed by atoms with Crippen molar-refractivity contribution in [1.82, 2.24) is 4.98 Å². The second-order valence-electron chi connectivity index (χ2n) is 5.04. The van der Waals surface area contributed by atoms with Crippen LogP contribution >= 0.6 is 0 Å². The summed E-state index contributed by atoms with van der Waals surface area (Å²) >= 11 is 0. The Labute approximate surface area is 120 Å². The molecule has 6 N–H and O–H groups in total. The van der Waals surface area contributed by atoms with Gasteiger partial charge in [0.2, 0.25) is 6.17 Å². The molecule has 21 heavy (non-hydrogen) atoms. The molecule has 1 atom stereocenters. The Kier molecular flexibility index (Phi) is 2.38. The standard InChI is InChI=1S/C15H13N5O/c16-14-18-13(9-5-7-10(21)8-6-9)20-12-4-2-1-3-11(12)17-15(20)19-14/h1-8,13H,(H4,16,17,18,19,21)/p+2/t13-/m0/s1. The summed E-state index contributed by atoms with van der Waals surface area (Å²) in [7, 11) is 0. The Morgan fingerprint density at radius 3 is 2.67 bits per heavy atom. The molecule has 0 amide bonds. The summed E-state index contributed by atoms with van der Waals surface area (Å²) in [6.45, 7) is 0. The van der Waals surface area contributed by atoms with E-state index < -0.39 is 0 Å². The van der Waals surface area contributed by atoms with E-state index >= 15 is 0 Å². The zero-order valence-electron chi connectivity index (χ0n) is 11.2. The molecular weight excluding hydrogens is 266 g/mol. The van der Waals surface area contributed by atoms with Crippen molar-refractivity contribution in [1.29, 1.82) is 0 Å². The number of phenolic OH excluding ortho intramolecular Hbond substituents is 1. The number of aromatic amines is 1. The predicted molar refractivity (Wildman–Crippen MR) is 78.5 cm³/mol. The highest BCUT2D eigenvalue weighted by Crippen LogP contribution is 2.19. The number of hydrogen-bond donors (Lipinski definition) is 5. The van der Waals surface area contributed by atoms with Crippen molar-refractivity contribution in [2.45, 2.75) is 6.17 Å². The van der Waals surface area contributed by atoms with Gasteiger partial charge in [-0.15, -0.1) is 0 Å². The lowest BCUT2D eigenvalue weighted by molar-refractivity contribution is -0.840. The normalized spacial score (nSPS) is 17.1. The summed E-state index contributed by atoms with van der Waals surface area (Å²) < 4.78 is 2.11. The maximum absolute atomic E-state index is 9.46. The Morgan fingerprint density at radius 2 is 1.86 bits per heavy atom. The van der Waals surface area contributed by atoms with Gasteiger partial charge in [0.15, 0.2) is 0 Å². The number of aromatic nitrogens is 2. The molecule has 0 saturated carbocycles. The minimum absolute atomic E-state index is 0.141. The zero-order valence-corrected chi connectivity index (χ0v) is 11.2. The molecule has 0 radical (unpaired) electrons. The number of nitrogens with zero attached hydrogens (tertiary/aromatic N) is 1. The summed E-state index contributed by atoms with van der Waals surface area (Å²) in [5, 5.41) is 12.6. The van der Waals surface area contributed by atoms with E-state index in [4.69, 9.17) is 5.73 Å². The van der Waals surface area contributed by atoms with Gasteiger partial charge in [0.25, 0.3) is 0 Å². The van der Waals surface area contributed by atoms with Crippen molar-refractivity contribution >= 4 is 22.9 Å². The highest BCUT2D eigenvalue weighted by molar-refractivity contribution is 5.87. The van der Waals surface area contributed by atoms with Gasteiger partial charge in [-0.05, 0) is 36.4 Å². The van der Waals surface area contributed by atoms with E-state index in [1.807, 2.05) is 36.4 Å². The van der Waals surface area contributed by atoms with E-state index in [-0.39, 0.29) is 11.9 Å². The number of aromatic hydroxyl groups is 1. The van der Waals surface area contributed by atoms with Crippen LogP contribution in [0, 0.1) is 0 Å². The number of phenols is 1. The third-order valence-electron chi connectivity index (χ3n) is 3.67. The van der Waals surface area contributed by atoms with Crippen molar-refractivity contribution < 1.29 is 14.7 Å². The van der Waals surface area contributed by atoms with Crippen molar-refractivity contribution in [2.24, 2.45) is 5.73 Å². The van der Waals surface area contributed by atoms with E-state index in [0.717, 1.165) is 22.5 Å². The van der Waals surface area contributed by atoms with Crippen LogP contribution < -0.4 is 20.6 Å². The number of rotatable bonds is 1. The fraction of sp³-hybridized carbons (Fsp3) is 0.0667. The third-order valence-corrected chi connectivity index (χ3v) is 3.67. The van der Waals surface area contributed by atoms with Gasteiger partial charge in [-0.1, -0.05) is 12.1 Å². The SMILES string of the molecule is NC1=[NH+][C@H](c2ccc(O)cc2)[n+]2c([nH]c3ccccc32)N1. The smallest absolute Gasteiger partial charge is 0.368 e. The Hall–Kier alpha value is -3.02. The molecule has 0 bridgehead atoms. The number of anilines is 1. The number of para-hydroxylation sites is 2. The number of imidazole rings is 1.